The predicted octanol–water partition coefficient (Wildman–Crippen LogP) is 5.38. The molecule has 0 atom stereocenters. The van der Waals surface area contributed by atoms with Gasteiger partial charge in [-0.25, -0.2) is 4.98 Å². The van der Waals surface area contributed by atoms with E-state index in [2.05, 4.69) is 34.8 Å². The minimum atomic E-state index is 0.0968. The number of Topliss-reactive ketones (excluding diaryl/α,β-unsaturated/α-hetero) is 1. The molecule has 1 aromatic carbocycles. The van der Waals surface area contributed by atoms with Gasteiger partial charge in [0.2, 0.25) is 0 Å². The molecule has 0 amide bonds. The maximum absolute atomic E-state index is 11.2. The molecule has 2 rings (SSSR count). The van der Waals surface area contributed by atoms with E-state index in [-0.39, 0.29) is 5.78 Å². The Morgan fingerprint density at radius 3 is 2.44 bits per heavy atom. The van der Waals surface area contributed by atoms with Crippen molar-refractivity contribution < 1.29 is 4.79 Å². The third-order valence-electron chi connectivity index (χ3n) is 2.57. The predicted molar refractivity (Wildman–Crippen MR) is 82.6 cm³/mol. The van der Waals surface area contributed by atoms with Crippen molar-refractivity contribution in [2.45, 2.75) is 40.5 Å². The summed E-state index contributed by atoms with van der Waals surface area (Å²) < 4.78 is 1.92. The Hall–Kier alpha value is -0.740. The molecular weight excluding hydrogens is 310 g/mol. The van der Waals surface area contributed by atoms with E-state index in [0.717, 1.165) is 25.3 Å². The fourth-order valence-electron chi connectivity index (χ4n) is 1.37. The molecule has 2 aromatic rings. The van der Waals surface area contributed by atoms with Crippen LogP contribution in [-0.4, -0.2) is 10.8 Å². The lowest BCUT2D eigenvalue weighted by Crippen LogP contribution is -1.92. The summed E-state index contributed by atoms with van der Waals surface area (Å²) in [6, 6.07) is 3.78. The lowest BCUT2D eigenvalue weighted by molar-refractivity contribution is 0.101. The van der Waals surface area contributed by atoms with Crippen LogP contribution in [0, 0.1) is 6.92 Å². The Balaban J connectivity index is 0.000000357. The van der Waals surface area contributed by atoms with Crippen LogP contribution in [0.3, 0.4) is 0 Å². The van der Waals surface area contributed by atoms with E-state index >= 15 is 0 Å². The maximum atomic E-state index is 11.2. The molecule has 0 aliphatic heterocycles. The summed E-state index contributed by atoms with van der Waals surface area (Å²) in [5.74, 6) is 0.0968. The molecule has 0 bridgehead atoms. The molecule has 0 fully saturated rings. The van der Waals surface area contributed by atoms with E-state index in [1.807, 2.05) is 19.1 Å². The van der Waals surface area contributed by atoms with Crippen molar-refractivity contribution in [1.82, 2.24) is 4.98 Å². The number of carbonyl (C=O) groups excluding carboxylic acids is 1. The number of ketones is 1. The molecule has 18 heavy (non-hydrogen) atoms. The number of rotatable bonds is 2. The third kappa shape index (κ3) is 3.89. The molecule has 1 aromatic heterocycles. The number of hydrogen-bond acceptors (Lipinski definition) is 3. The van der Waals surface area contributed by atoms with E-state index in [1.54, 1.807) is 18.3 Å². The third-order valence-corrected chi connectivity index (χ3v) is 4.02. The minimum absolute atomic E-state index is 0.0968. The number of nitrogens with zero attached hydrogens (tertiary/aromatic N) is 1. The second kappa shape index (κ2) is 7.00. The van der Waals surface area contributed by atoms with Gasteiger partial charge >= 0.3 is 0 Å². The lowest BCUT2D eigenvalue weighted by Gasteiger charge is -1.98. The first-order valence-corrected chi connectivity index (χ1v) is 7.68. The summed E-state index contributed by atoms with van der Waals surface area (Å²) in [5, 5.41) is 0. The number of unbranched alkanes of at least 4 members (excludes halogenated alkanes) is 1. The molecule has 4 heteroatoms. The monoisotopic (exact) mass is 327 g/mol. The van der Waals surface area contributed by atoms with Crippen LogP contribution in [0.1, 0.15) is 49.5 Å². The molecule has 0 unspecified atom stereocenters. The Bertz CT molecular complexity index is 546. The highest BCUT2D eigenvalue weighted by atomic mass is 79.9. The normalized spacial score (nSPS) is 10.1. The summed E-state index contributed by atoms with van der Waals surface area (Å²) in [5.41, 5.74) is 2.78. The standard InChI is InChI=1S/C10H8BrNOS.C4H10/c1-5-3-7(6(2)13)4-8-9(5)12-10(11)14-8;1-3-4-2/h3-4H,1-2H3;3-4H2,1-2H3. The molecule has 0 aliphatic carbocycles. The fourth-order valence-corrected chi connectivity index (χ4v) is 2.88. The van der Waals surface area contributed by atoms with Gasteiger partial charge < -0.3 is 0 Å². The van der Waals surface area contributed by atoms with Crippen LogP contribution in [0.25, 0.3) is 10.2 Å². The van der Waals surface area contributed by atoms with Crippen LogP contribution in [0.2, 0.25) is 0 Å². The Morgan fingerprint density at radius 2 is 1.94 bits per heavy atom. The topological polar surface area (TPSA) is 30.0 Å². The molecule has 2 nitrogen and oxygen atoms in total. The van der Waals surface area contributed by atoms with Crippen molar-refractivity contribution >= 4 is 43.3 Å². The van der Waals surface area contributed by atoms with Crippen molar-refractivity contribution in [1.29, 1.82) is 0 Å². The van der Waals surface area contributed by atoms with Crippen LogP contribution in [-0.2, 0) is 0 Å². The quantitative estimate of drug-likeness (QED) is 0.693. The molecule has 0 spiro atoms. The Labute approximate surface area is 121 Å². The van der Waals surface area contributed by atoms with Crippen molar-refractivity contribution in [3.8, 4) is 0 Å². The molecule has 0 aliphatic rings. The highest BCUT2D eigenvalue weighted by molar-refractivity contribution is 9.11. The maximum Gasteiger partial charge on any atom is 0.160 e. The van der Waals surface area contributed by atoms with Gasteiger partial charge in [0.15, 0.2) is 9.70 Å². The van der Waals surface area contributed by atoms with Crippen LogP contribution in [0.5, 0.6) is 0 Å². The zero-order chi connectivity index (χ0) is 13.7. The van der Waals surface area contributed by atoms with Crippen molar-refractivity contribution in [2.24, 2.45) is 0 Å². The van der Waals surface area contributed by atoms with E-state index in [1.165, 1.54) is 12.8 Å². The van der Waals surface area contributed by atoms with Crippen LogP contribution in [0.15, 0.2) is 16.0 Å². The number of carbonyl (C=O) groups is 1. The second-order valence-corrected chi connectivity index (χ2v) is 6.47. The summed E-state index contributed by atoms with van der Waals surface area (Å²) in [7, 11) is 0. The largest absolute Gasteiger partial charge is 0.295 e. The fraction of sp³-hybridized carbons (Fsp3) is 0.429. The number of fused-ring (bicyclic) bond motifs is 1. The van der Waals surface area contributed by atoms with Gasteiger partial charge in [0.05, 0.1) is 10.2 Å². The van der Waals surface area contributed by atoms with Crippen molar-refractivity contribution in [3.63, 3.8) is 0 Å². The van der Waals surface area contributed by atoms with Gasteiger partial charge in [-0.3, -0.25) is 4.79 Å². The van der Waals surface area contributed by atoms with Crippen LogP contribution >= 0.6 is 27.3 Å². The summed E-state index contributed by atoms with van der Waals surface area (Å²) in [4.78, 5) is 15.6. The summed E-state index contributed by atoms with van der Waals surface area (Å²) >= 11 is 4.89. The average Bonchev–Trinajstić information content (AvgIpc) is 2.70. The van der Waals surface area contributed by atoms with Gasteiger partial charge in [-0.05, 0) is 47.5 Å². The Kier molecular flexibility index (Phi) is 5.96. The minimum Gasteiger partial charge on any atom is -0.295 e. The van der Waals surface area contributed by atoms with Gasteiger partial charge in [0.1, 0.15) is 0 Å². The number of halogens is 1. The van der Waals surface area contributed by atoms with Gasteiger partial charge in [0, 0.05) is 5.56 Å². The molecule has 0 N–H and O–H groups in total. The number of aromatic nitrogens is 1. The highest BCUT2D eigenvalue weighted by Gasteiger charge is 2.08. The first-order valence-electron chi connectivity index (χ1n) is 6.07. The van der Waals surface area contributed by atoms with Gasteiger partial charge in [-0.15, -0.1) is 11.3 Å². The molecular formula is C14H18BrNOS. The molecule has 0 radical (unpaired) electrons. The number of hydrogen-bond donors (Lipinski definition) is 0. The Morgan fingerprint density at radius 1 is 1.33 bits per heavy atom. The SMILES string of the molecule is CC(=O)c1cc(C)c2nc(Br)sc2c1.CCCC. The van der Waals surface area contributed by atoms with E-state index in [9.17, 15) is 4.79 Å². The van der Waals surface area contributed by atoms with Gasteiger partial charge in [-0.1, -0.05) is 26.7 Å². The first kappa shape index (κ1) is 15.3. The van der Waals surface area contributed by atoms with Crippen LogP contribution < -0.4 is 0 Å². The zero-order valence-electron chi connectivity index (χ0n) is 11.2. The zero-order valence-corrected chi connectivity index (χ0v) is 13.6. The average molecular weight is 328 g/mol. The number of benzene rings is 1. The molecule has 98 valence electrons. The van der Waals surface area contributed by atoms with Gasteiger partial charge in [-0.2, -0.15) is 0 Å². The first-order chi connectivity index (χ1) is 8.49. The molecule has 0 saturated carbocycles. The van der Waals surface area contributed by atoms with E-state index in [0.29, 0.717) is 0 Å². The lowest BCUT2D eigenvalue weighted by atomic mass is 10.1. The smallest absolute Gasteiger partial charge is 0.160 e. The summed E-state index contributed by atoms with van der Waals surface area (Å²) in [6.07, 6.45) is 2.64. The van der Waals surface area contributed by atoms with Crippen LogP contribution in [0.4, 0.5) is 0 Å². The van der Waals surface area contributed by atoms with Gasteiger partial charge in [0.25, 0.3) is 0 Å². The number of aryl methyl sites for hydroxylation is 1. The van der Waals surface area contributed by atoms with E-state index < -0.39 is 0 Å². The highest BCUT2D eigenvalue weighted by Crippen LogP contribution is 2.29. The summed E-state index contributed by atoms with van der Waals surface area (Å²) in [6.45, 7) is 7.91. The van der Waals surface area contributed by atoms with Crippen molar-refractivity contribution in [2.75, 3.05) is 0 Å². The van der Waals surface area contributed by atoms with Crippen molar-refractivity contribution in [3.05, 3.63) is 27.2 Å². The molecule has 0 saturated heterocycles. The molecule has 1 heterocycles. The second-order valence-electron chi connectivity index (χ2n) is 4.16. The number of thiazole rings is 1. The van der Waals surface area contributed by atoms with E-state index in [4.69, 9.17) is 0 Å².